The van der Waals surface area contributed by atoms with Gasteiger partial charge in [0.05, 0.1) is 0 Å². The lowest BCUT2D eigenvalue weighted by Gasteiger charge is -2.41. The number of hydrogen-bond acceptors (Lipinski definition) is 4. The van der Waals surface area contributed by atoms with Crippen LogP contribution in [0, 0.1) is 5.92 Å². The van der Waals surface area contributed by atoms with E-state index in [1.807, 2.05) is 11.8 Å². The normalized spacial score (nSPS) is 30.4. The summed E-state index contributed by atoms with van der Waals surface area (Å²) in [6.45, 7) is 6.34. The molecule has 7 nitrogen and oxygen atoms in total. The van der Waals surface area contributed by atoms with Crippen LogP contribution in [0.15, 0.2) is 0 Å². The van der Waals surface area contributed by atoms with Crippen molar-refractivity contribution in [1.82, 2.24) is 14.5 Å². The minimum absolute atomic E-state index is 0.0826. The minimum Gasteiger partial charge on any atom is -0.337 e. The van der Waals surface area contributed by atoms with E-state index in [1.165, 1.54) is 4.31 Å². The van der Waals surface area contributed by atoms with Crippen molar-refractivity contribution in [2.75, 3.05) is 26.2 Å². The Morgan fingerprint density at radius 3 is 2.35 bits per heavy atom. The van der Waals surface area contributed by atoms with E-state index in [2.05, 4.69) is 12.2 Å². The summed E-state index contributed by atoms with van der Waals surface area (Å²) in [7, 11) is -3.62. The molecular weight excluding hydrogens is 280 g/mol. The first-order chi connectivity index (χ1) is 9.30. The number of nitrogens with one attached hydrogen (secondary N) is 1. The average molecular weight is 304 g/mol. The molecular formula is C12H24N4O3S. The number of piperidine rings is 1. The van der Waals surface area contributed by atoms with Gasteiger partial charge in [0.1, 0.15) is 0 Å². The lowest BCUT2D eigenvalue weighted by Crippen LogP contribution is -2.59. The number of amides is 1. The lowest BCUT2D eigenvalue weighted by atomic mass is 9.94. The molecule has 2 atom stereocenters. The maximum atomic E-state index is 12.6. The Hall–Kier alpha value is -0.700. The Balaban J connectivity index is 1.95. The third-order valence-corrected chi connectivity index (χ3v) is 5.57. The number of piperazine rings is 1. The average Bonchev–Trinajstić information content (AvgIpc) is 2.40. The molecule has 20 heavy (non-hydrogen) atoms. The van der Waals surface area contributed by atoms with E-state index in [0.29, 0.717) is 25.9 Å². The molecule has 116 valence electrons. The molecule has 2 heterocycles. The fourth-order valence-electron chi connectivity index (χ4n) is 2.96. The molecule has 2 aliphatic rings. The summed E-state index contributed by atoms with van der Waals surface area (Å²) in [5.41, 5.74) is 0. The van der Waals surface area contributed by atoms with Gasteiger partial charge in [-0.3, -0.25) is 4.79 Å². The molecule has 1 amide bonds. The number of rotatable bonds is 2. The lowest BCUT2D eigenvalue weighted by molar-refractivity contribution is -0.140. The van der Waals surface area contributed by atoms with Crippen molar-refractivity contribution in [1.29, 1.82) is 0 Å². The third-order valence-electron chi connectivity index (χ3n) is 4.48. The summed E-state index contributed by atoms with van der Waals surface area (Å²) in [4.78, 5) is 14.5. The molecule has 0 saturated carbocycles. The van der Waals surface area contributed by atoms with E-state index in [1.54, 1.807) is 0 Å². The van der Waals surface area contributed by atoms with Crippen LogP contribution in [0.2, 0.25) is 0 Å². The van der Waals surface area contributed by atoms with E-state index in [4.69, 9.17) is 5.14 Å². The van der Waals surface area contributed by atoms with Gasteiger partial charge in [-0.1, -0.05) is 0 Å². The zero-order chi connectivity index (χ0) is 14.9. The molecule has 0 spiro atoms. The molecule has 2 rings (SSSR count). The zero-order valence-corrected chi connectivity index (χ0v) is 12.9. The van der Waals surface area contributed by atoms with Crippen molar-refractivity contribution in [3.05, 3.63) is 0 Å². The van der Waals surface area contributed by atoms with E-state index in [-0.39, 0.29) is 23.9 Å². The van der Waals surface area contributed by atoms with Gasteiger partial charge < -0.3 is 10.2 Å². The molecule has 2 aliphatic heterocycles. The molecule has 3 N–H and O–H groups in total. The number of carbonyl (C=O) groups is 1. The second kappa shape index (κ2) is 5.97. The van der Waals surface area contributed by atoms with Gasteiger partial charge in [-0.05, 0) is 26.7 Å². The number of hydrogen-bond donors (Lipinski definition) is 2. The first-order valence-corrected chi connectivity index (χ1v) is 8.62. The van der Waals surface area contributed by atoms with Gasteiger partial charge in [-0.2, -0.15) is 12.7 Å². The Bertz CT molecular complexity index is 459. The largest absolute Gasteiger partial charge is 0.337 e. The van der Waals surface area contributed by atoms with Crippen molar-refractivity contribution in [3.8, 4) is 0 Å². The quantitative estimate of drug-likeness (QED) is 0.692. The Labute approximate surface area is 120 Å². The Morgan fingerprint density at radius 1 is 1.20 bits per heavy atom. The van der Waals surface area contributed by atoms with Crippen LogP contribution in [0.1, 0.15) is 26.7 Å². The predicted octanol–water partition coefficient (Wildman–Crippen LogP) is -0.889. The van der Waals surface area contributed by atoms with Crippen molar-refractivity contribution in [2.24, 2.45) is 11.1 Å². The van der Waals surface area contributed by atoms with Crippen molar-refractivity contribution in [2.45, 2.75) is 38.8 Å². The first kappa shape index (κ1) is 15.7. The SMILES string of the molecule is CC1NCCN(C(=O)C2CCN(S(N)(=O)=O)CC2)C1C. The fraction of sp³-hybridized carbons (Fsp3) is 0.917. The van der Waals surface area contributed by atoms with Crippen LogP contribution in [0.4, 0.5) is 0 Å². The van der Waals surface area contributed by atoms with E-state index < -0.39 is 10.2 Å². The smallest absolute Gasteiger partial charge is 0.276 e. The summed E-state index contributed by atoms with van der Waals surface area (Å²) in [6, 6.07) is 0.463. The highest BCUT2D eigenvalue weighted by atomic mass is 32.2. The molecule has 0 aromatic heterocycles. The van der Waals surface area contributed by atoms with Crippen LogP contribution in [-0.2, 0) is 15.0 Å². The van der Waals surface area contributed by atoms with E-state index >= 15 is 0 Å². The molecule has 0 bridgehead atoms. The third kappa shape index (κ3) is 3.30. The summed E-state index contributed by atoms with van der Waals surface area (Å²) >= 11 is 0. The van der Waals surface area contributed by atoms with Crippen LogP contribution in [-0.4, -0.2) is 61.8 Å². The predicted molar refractivity (Wildman–Crippen MR) is 76.0 cm³/mol. The monoisotopic (exact) mass is 304 g/mol. The fourth-order valence-corrected chi connectivity index (χ4v) is 3.68. The highest BCUT2D eigenvalue weighted by Gasteiger charge is 2.35. The summed E-state index contributed by atoms with van der Waals surface area (Å²) in [5.74, 6) is 0.0701. The first-order valence-electron chi connectivity index (χ1n) is 7.12. The molecule has 0 aliphatic carbocycles. The number of nitrogens with zero attached hydrogens (tertiary/aromatic N) is 2. The summed E-state index contributed by atoms with van der Waals surface area (Å²) in [5, 5.41) is 8.46. The molecule has 2 unspecified atom stereocenters. The van der Waals surface area contributed by atoms with Gasteiger partial charge in [0.15, 0.2) is 0 Å². The number of carbonyl (C=O) groups excluding carboxylic acids is 1. The zero-order valence-electron chi connectivity index (χ0n) is 12.1. The van der Waals surface area contributed by atoms with Crippen LogP contribution in [0.25, 0.3) is 0 Å². The maximum Gasteiger partial charge on any atom is 0.276 e. The van der Waals surface area contributed by atoms with Gasteiger partial charge in [0.25, 0.3) is 10.2 Å². The summed E-state index contributed by atoms with van der Waals surface area (Å²) < 4.78 is 23.8. The van der Waals surface area contributed by atoms with Crippen molar-refractivity contribution in [3.63, 3.8) is 0 Å². The molecule has 8 heteroatoms. The highest BCUT2D eigenvalue weighted by molar-refractivity contribution is 7.86. The summed E-state index contributed by atoms with van der Waals surface area (Å²) in [6.07, 6.45) is 1.11. The van der Waals surface area contributed by atoms with Crippen LogP contribution < -0.4 is 10.5 Å². The maximum absolute atomic E-state index is 12.6. The van der Waals surface area contributed by atoms with Crippen molar-refractivity contribution >= 4 is 16.1 Å². The van der Waals surface area contributed by atoms with E-state index in [0.717, 1.165) is 13.1 Å². The molecule has 2 saturated heterocycles. The standard InChI is InChI=1S/C12H24N4O3S/c1-9-10(2)16(8-5-14-9)12(17)11-3-6-15(7-4-11)20(13,18)19/h9-11,14H,3-8H2,1-2H3,(H2,13,18,19). The Morgan fingerprint density at radius 2 is 1.80 bits per heavy atom. The molecule has 2 fully saturated rings. The van der Waals surface area contributed by atoms with Crippen LogP contribution >= 0.6 is 0 Å². The van der Waals surface area contributed by atoms with Crippen LogP contribution in [0.5, 0.6) is 0 Å². The van der Waals surface area contributed by atoms with Gasteiger partial charge in [0.2, 0.25) is 5.91 Å². The molecule has 0 aromatic carbocycles. The molecule has 0 radical (unpaired) electrons. The van der Waals surface area contributed by atoms with Gasteiger partial charge in [-0.15, -0.1) is 0 Å². The molecule has 0 aromatic rings. The second-order valence-corrected chi connectivity index (χ2v) is 7.28. The minimum atomic E-state index is -3.62. The van der Waals surface area contributed by atoms with Gasteiger partial charge in [-0.25, -0.2) is 5.14 Å². The topological polar surface area (TPSA) is 95.7 Å². The van der Waals surface area contributed by atoms with E-state index in [9.17, 15) is 13.2 Å². The number of nitrogens with two attached hydrogens (primary N) is 1. The Kier molecular flexibility index (Phi) is 4.68. The van der Waals surface area contributed by atoms with Gasteiger partial charge >= 0.3 is 0 Å². The second-order valence-electron chi connectivity index (χ2n) is 5.73. The van der Waals surface area contributed by atoms with Gasteiger partial charge in [0, 0.05) is 44.2 Å². The highest BCUT2D eigenvalue weighted by Crippen LogP contribution is 2.23. The van der Waals surface area contributed by atoms with Crippen LogP contribution in [0.3, 0.4) is 0 Å². The van der Waals surface area contributed by atoms with Crippen molar-refractivity contribution < 1.29 is 13.2 Å².